The largest absolute Gasteiger partial charge is 0.366 e. The van der Waals surface area contributed by atoms with E-state index in [9.17, 15) is 0 Å². The molecule has 0 unspecified atom stereocenters. The molecule has 1 heterocycles. The first-order valence-corrected chi connectivity index (χ1v) is 6.92. The number of nitrogens with one attached hydrogen (secondary N) is 1. The third-order valence-electron chi connectivity index (χ3n) is 2.55. The van der Waals surface area contributed by atoms with Crippen LogP contribution in [0.3, 0.4) is 0 Å². The van der Waals surface area contributed by atoms with Crippen molar-refractivity contribution in [2.45, 2.75) is 18.1 Å². The average Bonchev–Trinajstić information content (AvgIpc) is 2.45. The van der Waals surface area contributed by atoms with Crippen molar-refractivity contribution in [1.82, 2.24) is 9.97 Å². The molecule has 3 N–H and O–H groups in total. The number of benzene rings is 1. The average molecular weight is 260 g/mol. The molecule has 94 valence electrons. The van der Waals surface area contributed by atoms with Gasteiger partial charge in [-0.1, -0.05) is 24.3 Å². The Kier molecular flexibility index (Phi) is 4.55. The molecular formula is C13H16N4S. The summed E-state index contributed by atoms with van der Waals surface area (Å²) < 4.78 is 0. The lowest BCUT2D eigenvalue weighted by molar-refractivity contribution is 1.01. The summed E-state index contributed by atoms with van der Waals surface area (Å²) in [6.45, 7) is 1.30. The van der Waals surface area contributed by atoms with Gasteiger partial charge in [0.2, 0.25) is 0 Å². The van der Waals surface area contributed by atoms with Gasteiger partial charge in [-0.2, -0.15) is 0 Å². The Morgan fingerprint density at radius 1 is 1.22 bits per heavy atom. The monoisotopic (exact) mass is 260 g/mol. The van der Waals surface area contributed by atoms with Gasteiger partial charge in [-0.15, -0.1) is 11.8 Å². The summed E-state index contributed by atoms with van der Waals surface area (Å²) in [5.74, 6) is 0.840. The number of nitrogens with two attached hydrogens (primary N) is 1. The van der Waals surface area contributed by atoms with Crippen LogP contribution in [0.2, 0.25) is 0 Å². The zero-order valence-electron chi connectivity index (χ0n) is 10.3. The minimum atomic E-state index is 0.567. The Labute approximate surface area is 111 Å². The van der Waals surface area contributed by atoms with E-state index in [1.54, 1.807) is 18.1 Å². The lowest BCUT2D eigenvalue weighted by Crippen LogP contribution is -2.03. The van der Waals surface area contributed by atoms with E-state index in [-0.39, 0.29) is 0 Å². The summed E-state index contributed by atoms with van der Waals surface area (Å²) in [5.41, 5.74) is 7.96. The molecular weight excluding hydrogens is 244 g/mol. The van der Waals surface area contributed by atoms with Crippen LogP contribution in [0, 0.1) is 0 Å². The molecule has 0 fully saturated rings. The van der Waals surface area contributed by atoms with Crippen LogP contribution in [-0.2, 0) is 13.1 Å². The fourth-order valence-corrected chi connectivity index (χ4v) is 1.99. The maximum absolute atomic E-state index is 5.62. The molecule has 0 saturated carbocycles. The molecule has 18 heavy (non-hydrogen) atoms. The predicted molar refractivity (Wildman–Crippen MR) is 75.5 cm³/mol. The molecule has 1 aromatic heterocycles. The molecule has 2 aromatic rings. The molecule has 0 aliphatic rings. The van der Waals surface area contributed by atoms with Crippen LogP contribution >= 0.6 is 11.8 Å². The van der Waals surface area contributed by atoms with Gasteiger partial charge in [0.05, 0.1) is 0 Å². The van der Waals surface area contributed by atoms with Crippen molar-refractivity contribution in [3.05, 3.63) is 47.8 Å². The second-order valence-corrected chi connectivity index (χ2v) is 4.65. The van der Waals surface area contributed by atoms with Gasteiger partial charge in [0, 0.05) is 19.2 Å². The van der Waals surface area contributed by atoms with Gasteiger partial charge in [0.25, 0.3) is 0 Å². The van der Waals surface area contributed by atoms with Crippen molar-refractivity contribution < 1.29 is 0 Å². The highest BCUT2D eigenvalue weighted by Crippen LogP contribution is 2.14. The molecule has 0 saturated heterocycles. The first-order valence-electron chi connectivity index (χ1n) is 5.69. The maximum Gasteiger partial charge on any atom is 0.130 e. The summed E-state index contributed by atoms with van der Waals surface area (Å²) in [6.07, 6.45) is 3.57. The molecule has 0 bridgehead atoms. The second kappa shape index (κ2) is 6.37. The van der Waals surface area contributed by atoms with Crippen LogP contribution in [-0.4, -0.2) is 16.2 Å². The molecule has 2 rings (SSSR count). The summed E-state index contributed by atoms with van der Waals surface area (Å²) >= 11 is 1.60. The van der Waals surface area contributed by atoms with Gasteiger partial charge in [-0.25, -0.2) is 9.97 Å². The van der Waals surface area contributed by atoms with Gasteiger partial charge < -0.3 is 11.1 Å². The normalized spacial score (nSPS) is 10.3. The van der Waals surface area contributed by atoms with Crippen molar-refractivity contribution in [3.63, 3.8) is 0 Å². The number of rotatable bonds is 5. The number of aromatic nitrogens is 2. The van der Waals surface area contributed by atoms with E-state index in [1.807, 2.05) is 24.5 Å². The predicted octanol–water partition coefficient (Wildman–Crippen LogP) is 2.27. The summed E-state index contributed by atoms with van der Waals surface area (Å²) in [5, 5.41) is 4.24. The topological polar surface area (TPSA) is 63.8 Å². The number of hydrogen-bond donors (Lipinski definition) is 2. The molecule has 0 aliphatic carbocycles. The fraction of sp³-hybridized carbons (Fsp3) is 0.231. The summed E-state index contributed by atoms with van der Waals surface area (Å²) in [6, 6.07) is 10.2. The Balaban J connectivity index is 2.01. The van der Waals surface area contributed by atoms with Crippen LogP contribution in [0.1, 0.15) is 11.1 Å². The Hall–Kier alpha value is -1.59. The zero-order chi connectivity index (χ0) is 12.8. The van der Waals surface area contributed by atoms with E-state index < -0.39 is 0 Å². The molecule has 0 aliphatic heterocycles. The third-order valence-corrected chi connectivity index (χ3v) is 3.19. The van der Waals surface area contributed by atoms with Gasteiger partial charge in [-0.05, 0) is 17.4 Å². The van der Waals surface area contributed by atoms with Crippen LogP contribution in [0.4, 0.5) is 5.82 Å². The van der Waals surface area contributed by atoms with E-state index in [2.05, 4.69) is 27.4 Å². The maximum atomic E-state index is 5.62. The van der Waals surface area contributed by atoms with Crippen molar-refractivity contribution in [1.29, 1.82) is 0 Å². The Morgan fingerprint density at radius 2 is 2.06 bits per heavy atom. The Bertz CT molecular complexity index is 468. The number of thioether (sulfide) groups is 1. The first kappa shape index (κ1) is 12.9. The van der Waals surface area contributed by atoms with Crippen LogP contribution in [0.15, 0.2) is 41.7 Å². The van der Waals surface area contributed by atoms with E-state index in [0.29, 0.717) is 6.54 Å². The highest BCUT2D eigenvalue weighted by Gasteiger charge is 1.98. The van der Waals surface area contributed by atoms with Crippen molar-refractivity contribution in [3.8, 4) is 0 Å². The number of anilines is 1. The third kappa shape index (κ3) is 3.45. The Morgan fingerprint density at radius 3 is 2.83 bits per heavy atom. The SMILES string of the molecule is CSc1cc(NCc2cccc(CN)c2)ncn1. The van der Waals surface area contributed by atoms with E-state index in [0.717, 1.165) is 23.0 Å². The smallest absolute Gasteiger partial charge is 0.130 e. The molecule has 0 atom stereocenters. The highest BCUT2D eigenvalue weighted by molar-refractivity contribution is 7.98. The van der Waals surface area contributed by atoms with E-state index in [4.69, 9.17) is 5.73 Å². The number of hydrogen-bond acceptors (Lipinski definition) is 5. The molecule has 1 aromatic carbocycles. The van der Waals surface area contributed by atoms with Crippen molar-refractivity contribution >= 4 is 17.6 Å². The van der Waals surface area contributed by atoms with Crippen molar-refractivity contribution in [2.75, 3.05) is 11.6 Å². The van der Waals surface area contributed by atoms with Crippen LogP contribution in [0.25, 0.3) is 0 Å². The molecule has 4 nitrogen and oxygen atoms in total. The minimum Gasteiger partial charge on any atom is -0.366 e. The first-order chi connectivity index (χ1) is 8.81. The lowest BCUT2D eigenvalue weighted by atomic mass is 10.1. The van der Waals surface area contributed by atoms with Crippen molar-refractivity contribution in [2.24, 2.45) is 5.73 Å². The van der Waals surface area contributed by atoms with Gasteiger partial charge in [0.1, 0.15) is 17.2 Å². The minimum absolute atomic E-state index is 0.567. The summed E-state index contributed by atoms with van der Waals surface area (Å²) in [7, 11) is 0. The van der Waals surface area contributed by atoms with E-state index in [1.165, 1.54) is 5.56 Å². The molecule has 0 radical (unpaired) electrons. The van der Waals surface area contributed by atoms with Gasteiger partial charge in [0.15, 0.2) is 0 Å². The second-order valence-electron chi connectivity index (χ2n) is 3.82. The van der Waals surface area contributed by atoms with Gasteiger partial charge >= 0.3 is 0 Å². The quantitative estimate of drug-likeness (QED) is 0.638. The molecule has 0 amide bonds. The standard InChI is InChI=1S/C13H16N4S/c1-18-13-6-12(16-9-17-13)15-8-11-4-2-3-10(5-11)7-14/h2-6,9H,7-8,14H2,1H3,(H,15,16,17). The molecule has 5 heteroatoms. The van der Waals surface area contributed by atoms with Crippen LogP contribution in [0.5, 0.6) is 0 Å². The highest BCUT2D eigenvalue weighted by atomic mass is 32.2. The number of nitrogens with zero attached hydrogens (tertiary/aromatic N) is 2. The summed E-state index contributed by atoms with van der Waals surface area (Å²) in [4.78, 5) is 8.32. The fourth-order valence-electron chi connectivity index (χ4n) is 1.61. The lowest BCUT2D eigenvalue weighted by Gasteiger charge is -2.07. The molecule has 0 spiro atoms. The van der Waals surface area contributed by atoms with Gasteiger partial charge in [-0.3, -0.25) is 0 Å². The van der Waals surface area contributed by atoms with Crippen LogP contribution < -0.4 is 11.1 Å². The van der Waals surface area contributed by atoms with E-state index >= 15 is 0 Å². The zero-order valence-corrected chi connectivity index (χ0v) is 11.1.